The molecule has 24 heavy (non-hydrogen) atoms. The summed E-state index contributed by atoms with van der Waals surface area (Å²) in [6.07, 6.45) is 4.36. The Bertz CT molecular complexity index is 734. The van der Waals surface area contributed by atoms with Crippen LogP contribution in [0, 0.1) is 0 Å². The van der Waals surface area contributed by atoms with Gasteiger partial charge < -0.3 is 10.1 Å². The number of anilines is 1. The van der Waals surface area contributed by atoms with Gasteiger partial charge in [0.1, 0.15) is 0 Å². The van der Waals surface area contributed by atoms with Gasteiger partial charge in [0.2, 0.25) is 0 Å². The predicted molar refractivity (Wildman–Crippen MR) is 94.7 cm³/mol. The quantitative estimate of drug-likeness (QED) is 0.363. The van der Waals surface area contributed by atoms with Crippen molar-refractivity contribution in [2.75, 3.05) is 11.9 Å². The number of ketones is 1. The molecule has 0 bridgehead atoms. The lowest BCUT2D eigenvalue weighted by atomic mass is 10.1. The fraction of sp³-hybridized carbons (Fsp3) is 0.100. The average molecular weight is 321 g/mol. The van der Waals surface area contributed by atoms with Gasteiger partial charge in [0, 0.05) is 17.5 Å². The van der Waals surface area contributed by atoms with Crippen molar-refractivity contribution in [2.24, 2.45) is 0 Å². The van der Waals surface area contributed by atoms with Crippen LogP contribution in [0.5, 0.6) is 0 Å². The summed E-state index contributed by atoms with van der Waals surface area (Å²) in [4.78, 5) is 24.1. The summed E-state index contributed by atoms with van der Waals surface area (Å²) >= 11 is 0. The fourth-order valence-electron chi connectivity index (χ4n) is 1.95. The number of allylic oxidation sites excluding steroid dienone is 1. The predicted octanol–water partition coefficient (Wildman–Crippen LogP) is 3.98. The van der Waals surface area contributed by atoms with E-state index in [1.807, 2.05) is 36.4 Å². The number of hydrogen-bond acceptors (Lipinski definition) is 4. The molecule has 4 heteroatoms. The van der Waals surface area contributed by atoms with Crippen molar-refractivity contribution >= 4 is 17.4 Å². The summed E-state index contributed by atoms with van der Waals surface area (Å²) in [7, 11) is 0. The molecule has 2 rings (SSSR count). The maximum absolute atomic E-state index is 12.1. The van der Waals surface area contributed by atoms with E-state index in [-0.39, 0.29) is 18.0 Å². The summed E-state index contributed by atoms with van der Waals surface area (Å²) < 4.78 is 5.02. The van der Waals surface area contributed by atoms with Crippen molar-refractivity contribution in [1.29, 1.82) is 0 Å². The third-order valence-corrected chi connectivity index (χ3v) is 3.15. The van der Waals surface area contributed by atoms with Crippen molar-refractivity contribution in [3.05, 3.63) is 90.2 Å². The Morgan fingerprint density at radius 2 is 1.58 bits per heavy atom. The zero-order chi connectivity index (χ0) is 17.2. The summed E-state index contributed by atoms with van der Waals surface area (Å²) in [5.41, 5.74) is 1.67. The summed E-state index contributed by atoms with van der Waals surface area (Å²) in [5, 5.41) is 3.02. The van der Waals surface area contributed by atoms with E-state index in [0.717, 1.165) is 5.69 Å². The highest BCUT2D eigenvalue weighted by Gasteiger charge is 2.08. The molecule has 1 N–H and O–H groups in total. The van der Waals surface area contributed by atoms with Gasteiger partial charge in [-0.3, -0.25) is 4.79 Å². The summed E-state index contributed by atoms with van der Waals surface area (Å²) in [6.45, 7) is 2.00. The zero-order valence-electron chi connectivity index (χ0n) is 13.4. The number of ether oxygens (including phenoxy) is 1. The van der Waals surface area contributed by atoms with Gasteiger partial charge in [-0.1, -0.05) is 48.5 Å². The molecule has 2 aromatic carbocycles. The number of carbonyl (C=O) groups is 2. The molecule has 0 heterocycles. The minimum atomic E-state index is -0.488. The van der Waals surface area contributed by atoms with Crippen LogP contribution in [0.3, 0.4) is 0 Å². The van der Waals surface area contributed by atoms with E-state index in [1.54, 1.807) is 31.2 Å². The zero-order valence-corrected chi connectivity index (χ0v) is 13.4. The minimum absolute atomic E-state index is 0.175. The SMILES string of the molecule is CCOC(=O)C(=C\Nc1ccccc1)/C=C/C(=O)c1ccccc1. The third kappa shape index (κ3) is 5.25. The lowest BCUT2D eigenvalue weighted by Gasteiger charge is -2.05. The molecule has 2 aromatic rings. The number of hydrogen-bond donors (Lipinski definition) is 1. The maximum Gasteiger partial charge on any atom is 0.339 e. The molecule has 122 valence electrons. The molecular weight excluding hydrogens is 302 g/mol. The first-order valence-electron chi connectivity index (χ1n) is 7.67. The first-order chi connectivity index (χ1) is 11.7. The monoisotopic (exact) mass is 321 g/mol. The Balaban J connectivity index is 2.15. The van der Waals surface area contributed by atoms with E-state index in [1.165, 1.54) is 18.4 Å². The Morgan fingerprint density at radius 1 is 0.958 bits per heavy atom. The normalized spacial score (nSPS) is 11.3. The van der Waals surface area contributed by atoms with E-state index in [0.29, 0.717) is 5.56 Å². The second-order valence-corrected chi connectivity index (χ2v) is 4.89. The highest BCUT2D eigenvalue weighted by Crippen LogP contribution is 2.09. The Labute approximate surface area is 141 Å². The van der Waals surface area contributed by atoms with Crippen LogP contribution in [0.25, 0.3) is 0 Å². The molecule has 0 unspecified atom stereocenters. The lowest BCUT2D eigenvalue weighted by Crippen LogP contribution is -2.08. The van der Waals surface area contributed by atoms with E-state index in [9.17, 15) is 9.59 Å². The van der Waals surface area contributed by atoms with Gasteiger partial charge in [0.25, 0.3) is 0 Å². The molecule has 0 saturated carbocycles. The number of rotatable bonds is 7. The van der Waals surface area contributed by atoms with Gasteiger partial charge in [-0.25, -0.2) is 4.79 Å². The van der Waals surface area contributed by atoms with E-state index in [4.69, 9.17) is 4.74 Å². The lowest BCUT2D eigenvalue weighted by molar-refractivity contribution is -0.138. The Kier molecular flexibility index (Phi) is 6.53. The molecule has 0 fully saturated rings. The molecule has 4 nitrogen and oxygen atoms in total. The molecular formula is C20H19NO3. The van der Waals surface area contributed by atoms with Crippen molar-refractivity contribution in [3.63, 3.8) is 0 Å². The summed E-state index contributed by atoms with van der Waals surface area (Å²) in [6, 6.07) is 18.3. The van der Waals surface area contributed by atoms with Crippen LogP contribution in [-0.2, 0) is 9.53 Å². The number of nitrogens with one attached hydrogen (secondary N) is 1. The van der Waals surface area contributed by atoms with Crippen LogP contribution in [0.1, 0.15) is 17.3 Å². The molecule has 0 aliphatic heterocycles. The van der Waals surface area contributed by atoms with Gasteiger partial charge in [0.05, 0.1) is 12.2 Å². The largest absolute Gasteiger partial charge is 0.462 e. The molecule has 0 atom stereocenters. The van der Waals surface area contributed by atoms with E-state index in [2.05, 4.69) is 5.32 Å². The highest BCUT2D eigenvalue weighted by molar-refractivity contribution is 6.06. The van der Waals surface area contributed by atoms with Gasteiger partial charge in [-0.05, 0) is 31.2 Å². The second kappa shape index (κ2) is 9.10. The van der Waals surface area contributed by atoms with Crippen molar-refractivity contribution in [2.45, 2.75) is 6.92 Å². The van der Waals surface area contributed by atoms with E-state index < -0.39 is 5.97 Å². The molecule has 0 spiro atoms. The Morgan fingerprint density at radius 3 is 2.21 bits per heavy atom. The van der Waals surface area contributed by atoms with Gasteiger partial charge >= 0.3 is 5.97 Å². The molecule has 0 aliphatic rings. The maximum atomic E-state index is 12.1. The van der Waals surface area contributed by atoms with Gasteiger partial charge in [-0.15, -0.1) is 0 Å². The van der Waals surface area contributed by atoms with Crippen LogP contribution in [-0.4, -0.2) is 18.4 Å². The van der Waals surface area contributed by atoms with Gasteiger partial charge in [-0.2, -0.15) is 0 Å². The van der Waals surface area contributed by atoms with Gasteiger partial charge in [0.15, 0.2) is 5.78 Å². The van der Waals surface area contributed by atoms with E-state index >= 15 is 0 Å². The topological polar surface area (TPSA) is 55.4 Å². The fourth-order valence-corrected chi connectivity index (χ4v) is 1.95. The number of para-hydroxylation sites is 1. The second-order valence-electron chi connectivity index (χ2n) is 4.89. The smallest absolute Gasteiger partial charge is 0.339 e. The molecule has 0 amide bonds. The highest BCUT2D eigenvalue weighted by atomic mass is 16.5. The van der Waals surface area contributed by atoms with Crippen molar-refractivity contribution in [3.8, 4) is 0 Å². The third-order valence-electron chi connectivity index (χ3n) is 3.15. The average Bonchev–Trinajstić information content (AvgIpc) is 2.63. The molecule has 0 saturated heterocycles. The molecule has 0 aromatic heterocycles. The van der Waals surface area contributed by atoms with Crippen LogP contribution in [0.4, 0.5) is 5.69 Å². The number of carbonyl (C=O) groups excluding carboxylic acids is 2. The summed E-state index contributed by atoms with van der Waals surface area (Å²) in [5.74, 6) is -0.663. The number of esters is 1. The molecule has 0 aliphatic carbocycles. The van der Waals surface area contributed by atoms with Crippen LogP contribution in [0.15, 0.2) is 84.6 Å². The Hall–Kier alpha value is -3.14. The van der Waals surface area contributed by atoms with Crippen LogP contribution >= 0.6 is 0 Å². The van der Waals surface area contributed by atoms with Crippen LogP contribution < -0.4 is 5.32 Å². The minimum Gasteiger partial charge on any atom is -0.462 e. The van der Waals surface area contributed by atoms with Crippen molar-refractivity contribution < 1.29 is 14.3 Å². The first-order valence-corrected chi connectivity index (χ1v) is 7.67. The molecule has 0 radical (unpaired) electrons. The first kappa shape index (κ1) is 17.2. The standard InChI is InChI=1S/C20H19NO3/c1-2-24-20(23)17(15-21-18-11-7-4-8-12-18)13-14-19(22)16-9-5-3-6-10-16/h3-15,21H,2H2,1H3/b14-13+,17-15-. The number of benzene rings is 2. The van der Waals surface area contributed by atoms with Crippen LogP contribution in [0.2, 0.25) is 0 Å². The van der Waals surface area contributed by atoms with Crippen molar-refractivity contribution in [1.82, 2.24) is 0 Å².